The second kappa shape index (κ2) is 9.36. The largest absolute Gasteiger partial charge is 0.495 e. The van der Waals surface area contributed by atoms with Crippen molar-refractivity contribution in [3.05, 3.63) is 58.1 Å². The molecular formula is C19H20N2O7. The predicted molar refractivity (Wildman–Crippen MR) is 101 cm³/mol. The fourth-order valence-electron chi connectivity index (χ4n) is 2.28. The van der Waals surface area contributed by atoms with Crippen molar-refractivity contribution in [2.45, 2.75) is 20.0 Å². The first kappa shape index (κ1) is 20.7. The molecule has 0 aliphatic heterocycles. The van der Waals surface area contributed by atoms with Gasteiger partial charge in [-0.3, -0.25) is 14.9 Å². The number of nitrogens with one attached hydrogen (secondary N) is 1. The number of aryl methyl sites for hydroxylation is 1. The van der Waals surface area contributed by atoms with Gasteiger partial charge in [0.25, 0.3) is 11.6 Å². The summed E-state index contributed by atoms with van der Waals surface area (Å²) in [6.07, 6.45) is -1.14. The van der Waals surface area contributed by atoms with Gasteiger partial charge in [0.15, 0.2) is 12.7 Å². The van der Waals surface area contributed by atoms with Crippen LogP contribution >= 0.6 is 0 Å². The minimum atomic E-state index is -1.14. The number of nitro benzene ring substituents is 1. The average Bonchev–Trinajstić information content (AvgIpc) is 2.67. The van der Waals surface area contributed by atoms with Crippen LogP contribution < -0.4 is 14.8 Å². The molecule has 148 valence electrons. The summed E-state index contributed by atoms with van der Waals surface area (Å²) in [7, 11) is 1.36. The molecule has 2 aromatic rings. The number of benzene rings is 2. The molecular weight excluding hydrogens is 368 g/mol. The van der Waals surface area contributed by atoms with E-state index >= 15 is 0 Å². The van der Waals surface area contributed by atoms with Gasteiger partial charge in [0.1, 0.15) is 11.5 Å². The van der Waals surface area contributed by atoms with Crippen molar-refractivity contribution >= 4 is 23.3 Å². The van der Waals surface area contributed by atoms with Crippen molar-refractivity contribution in [1.29, 1.82) is 0 Å². The third-order valence-corrected chi connectivity index (χ3v) is 3.77. The Morgan fingerprint density at radius 2 is 1.89 bits per heavy atom. The normalized spacial score (nSPS) is 11.2. The number of methoxy groups -OCH3 is 1. The maximum Gasteiger partial charge on any atom is 0.344 e. The van der Waals surface area contributed by atoms with Gasteiger partial charge in [-0.1, -0.05) is 18.2 Å². The summed E-state index contributed by atoms with van der Waals surface area (Å²) in [5.41, 5.74) is 0.743. The maximum absolute atomic E-state index is 12.3. The Bertz CT molecular complexity index is 882. The molecule has 2 rings (SSSR count). The lowest BCUT2D eigenvalue weighted by molar-refractivity contribution is -0.384. The van der Waals surface area contributed by atoms with Crippen molar-refractivity contribution in [2.24, 2.45) is 0 Å². The van der Waals surface area contributed by atoms with Crippen molar-refractivity contribution in [3.8, 4) is 11.5 Å². The topological polar surface area (TPSA) is 117 Å². The molecule has 0 aliphatic carbocycles. The molecule has 0 aromatic heterocycles. The second-order valence-corrected chi connectivity index (χ2v) is 5.82. The van der Waals surface area contributed by atoms with E-state index in [1.54, 1.807) is 12.1 Å². The summed E-state index contributed by atoms with van der Waals surface area (Å²) in [4.78, 5) is 34.5. The van der Waals surface area contributed by atoms with Crippen molar-refractivity contribution in [3.63, 3.8) is 0 Å². The van der Waals surface area contributed by atoms with Crippen LogP contribution in [0.1, 0.15) is 12.5 Å². The number of non-ortho nitro benzene ring substituents is 1. The number of carbonyl (C=O) groups is 2. The van der Waals surface area contributed by atoms with Crippen LogP contribution in [0.2, 0.25) is 0 Å². The lowest BCUT2D eigenvalue weighted by Gasteiger charge is -2.15. The van der Waals surface area contributed by atoms with E-state index in [1.807, 2.05) is 19.1 Å². The Balaban J connectivity index is 1.95. The Kier molecular flexibility index (Phi) is 6.91. The molecule has 0 bridgehead atoms. The zero-order valence-corrected chi connectivity index (χ0v) is 15.6. The molecule has 1 N–H and O–H groups in total. The molecule has 1 unspecified atom stereocenters. The lowest BCUT2D eigenvalue weighted by Crippen LogP contribution is -2.31. The number of esters is 1. The fraction of sp³-hybridized carbons (Fsp3) is 0.263. The monoisotopic (exact) mass is 388 g/mol. The van der Waals surface area contributed by atoms with E-state index in [4.69, 9.17) is 14.2 Å². The van der Waals surface area contributed by atoms with Crippen molar-refractivity contribution in [1.82, 2.24) is 0 Å². The Morgan fingerprint density at radius 1 is 1.18 bits per heavy atom. The highest BCUT2D eigenvalue weighted by molar-refractivity contribution is 5.96. The van der Waals surface area contributed by atoms with Crippen LogP contribution in [0.15, 0.2) is 42.5 Å². The number of rotatable bonds is 8. The van der Waals surface area contributed by atoms with Crippen LogP contribution in [0, 0.1) is 17.0 Å². The molecule has 0 saturated heterocycles. The quantitative estimate of drug-likeness (QED) is 0.420. The first-order chi connectivity index (χ1) is 13.3. The molecule has 28 heavy (non-hydrogen) atoms. The van der Waals surface area contributed by atoms with E-state index in [-0.39, 0.29) is 23.7 Å². The van der Waals surface area contributed by atoms with Gasteiger partial charge in [0.2, 0.25) is 0 Å². The minimum Gasteiger partial charge on any atom is -0.495 e. The summed E-state index contributed by atoms with van der Waals surface area (Å²) in [6.45, 7) is 2.86. The Hall–Kier alpha value is -3.62. The van der Waals surface area contributed by atoms with Crippen LogP contribution in [0.3, 0.4) is 0 Å². The first-order valence-electron chi connectivity index (χ1n) is 8.33. The highest BCUT2D eigenvalue weighted by Gasteiger charge is 2.21. The van der Waals surface area contributed by atoms with Gasteiger partial charge < -0.3 is 19.5 Å². The van der Waals surface area contributed by atoms with E-state index in [0.717, 1.165) is 11.6 Å². The van der Waals surface area contributed by atoms with E-state index in [1.165, 1.54) is 26.2 Å². The number of nitrogens with zero attached hydrogens (tertiary/aromatic N) is 1. The third kappa shape index (κ3) is 5.44. The molecule has 0 radical (unpaired) electrons. The summed E-state index contributed by atoms with van der Waals surface area (Å²) in [5.74, 6) is -0.613. The number of carbonyl (C=O) groups excluding carboxylic acids is 2. The Labute approximate surface area is 161 Å². The smallest absolute Gasteiger partial charge is 0.344 e. The molecule has 0 fully saturated rings. The first-order valence-corrected chi connectivity index (χ1v) is 8.33. The third-order valence-electron chi connectivity index (χ3n) is 3.77. The average molecular weight is 388 g/mol. The molecule has 9 heteroatoms. The number of ether oxygens (including phenoxy) is 3. The van der Waals surface area contributed by atoms with Gasteiger partial charge in [0, 0.05) is 12.1 Å². The molecule has 0 aliphatic rings. The molecule has 0 saturated carbocycles. The number of para-hydroxylation sites is 1. The fourth-order valence-corrected chi connectivity index (χ4v) is 2.28. The van der Waals surface area contributed by atoms with Crippen LogP contribution in [0.4, 0.5) is 11.4 Å². The van der Waals surface area contributed by atoms with Gasteiger partial charge >= 0.3 is 5.97 Å². The zero-order valence-electron chi connectivity index (χ0n) is 15.6. The summed E-state index contributed by atoms with van der Waals surface area (Å²) >= 11 is 0. The van der Waals surface area contributed by atoms with Crippen molar-refractivity contribution in [2.75, 3.05) is 19.0 Å². The molecule has 1 atom stereocenters. The minimum absolute atomic E-state index is 0.0979. The number of anilines is 1. The van der Waals surface area contributed by atoms with Gasteiger partial charge in [0.05, 0.1) is 17.7 Å². The van der Waals surface area contributed by atoms with Crippen LogP contribution in [0.5, 0.6) is 11.5 Å². The Morgan fingerprint density at radius 3 is 2.54 bits per heavy atom. The SMILES string of the molecule is COc1ccc([N+](=O)[O-])cc1NC(=O)C(C)OC(=O)COc1ccccc1C. The lowest BCUT2D eigenvalue weighted by atomic mass is 10.2. The molecule has 0 heterocycles. The highest BCUT2D eigenvalue weighted by atomic mass is 16.6. The van der Waals surface area contributed by atoms with Crippen LogP contribution in [0.25, 0.3) is 0 Å². The summed E-state index contributed by atoms with van der Waals surface area (Å²) in [6, 6.07) is 10.9. The summed E-state index contributed by atoms with van der Waals surface area (Å²) < 4.78 is 15.5. The van der Waals surface area contributed by atoms with E-state index in [0.29, 0.717) is 5.75 Å². The van der Waals surface area contributed by atoms with Gasteiger partial charge in [-0.15, -0.1) is 0 Å². The number of amides is 1. The summed E-state index contributed by atoms with van der Waals surface area (Å²) in [5, 5.41) is 13.4. The van der Waals surface area contributed by atoms with Crippen LogP contribution in [-0.2, 0) is 14.3 Å². The molecule has 0 spiro atoms. The molecule has 1 amide bonds. The van der Waals surface area contributed by atoms with Gasteiger partial charge in [-0.25, -0.2) is 4.79 Å². The van der Waals surface area contributed by atoms with Gasteiger partial charge in [-0.05, 0) is 31.5 Å². The van der Waals surface area contributed by atoms with E-state index in [9.17, 15) is 19.7 Å². The second-order valence-electron chi connectivity index (χ2n) is 5.82. The van der Waals surface area contributed by atoms with Gasteiger partial charge in [-0.2, -0.15) is 0 Å². The van der Waals surface area contributed by atoms with Crippen molar-refractivity contribution < 1.29 is 28.7 Å². The van der Waals surface area contributed by atoms with E-state index < -0.39 is 22.9 Å². The number of hydrogen-bond donors (Lipinski definition) is 1. The van der Waals surface area contributed by atoms with Crippen LogP contribution in [-0.4, -0.2) is 36.6 Å². The van der Waals surface area contributed by atoms with E-state index in [2.05, 4.69) is 5.32 Å². The molecule has 9 nitrogen and oxygen atoms in total. The number of nitro groups is 1. The standard InChI is InChI=1S/C19H20N2O7/c1-12-6-4-5-7-16(12)27-11-18(22)28-13(2)19(23)20-15-10-14(21(24)25)8-9-17(15)26-3/h4-10,13H,11H2,1-3H3,(H,20,23). The molecule has 2 aromatic carbocycles. The maximum atomic E-state index is 12.3. The predicted octanol–water partition coefficient (Wildman–Crippen LogP) is 2.86. The zero-order chi connectivity index (χ0) is 20.7. The number of hydrogen-bond acceptors (Lipinski definition) is 7. The highest BCUT2D eigenvalue weighted by Crippen LogP contribution is 2.29.